The number of nitrogens with one attached hydrogen (secondary N) is 2. The van der Waals surface area contributed by atoms with Gasteiger partial charge in [0.05, 0.1) is 6.54 Å². The fourth-order valence-electron chi connectivity index (χ4n) is 2.72. The van der Waals surface area contributed by atoms with E-state index in [2.05, 4.69) is 16.7 Å². The zero-order chi connectivity index (χ0) is 15.5. The lowest BCUT2D eigenvalue weighted by Crippen LogP contribution is -2.36. The number of hydrogen-bond donors (Lipinski definition) is 2. The lowest BCUT2D eigenvalue weighted by Gasteiger charge is -2.16. The lowest BCUT2D eigenvalue weighted by molar-refractivity contribution is -0.121. The Morgan fingerprint density at radius 2 is 2.14 bits per heavy atom. The molecule has 2 heterocycles. The number of carbonyl (C=O) groups excluding carboxylic acids is 2. The van der Waals surface area contributed by atoms with Crippen molar-refractivity contribution in [3.63, 3.8) is 0 Å². The molecule has 0 radical (unpaired) electrons. The van der Waals surface area contributed by atoms with Gasteiger partial charge in [0.25, 0.3) is 0 Å². The van der Waals surface area contributed by atoms with Gasteiger partial charge in [-0.25, -0.2) is 4.79 Å². The summed E-state index contributed by atoms with van der Waals surface area (Å²) in [6.07, 6.45) is 2.18. The van der Waals surface area contributed by atoms with Crippen LogP contribution in [0, 0.1) is 0 Å². The number of ether oxygens (including phenoxy) is 1. The Kier molecular flexibility index (Phi) is 4.11. The summed E-state index contributed by atoms with van der Waals surface area (Å²) in [7, 11) is 0. The van der Waals surface area contributed by atoms with Crippen molar-refractivity contribution in [2.45, 2.75) is 19.6 Å². The predicted octanol–water partition coefficient (Wildman–Crippen LogP) is 1.48. The molecule has 2 amide bonds. The number of carbonyl (C=O) groups is 2. The summed E-state index contributed by atoms with van der Waals surface area (Å²) in [5.41, 5.74) is 3.28. The second-order valence-corrected chi connectivity index (χ2v) is 5.41. The minimum Gasteiger partial charge on any atom is -0.423 e. The van der Waals surface area contributed by atoms with Gasteiger partial charge in [0.15, 0.2) is 6.23 Å². The van der Waals surface area contributed by atoms with Crippen LogP contribution >= 0.6 is 0 Å². The van der Waals surface area contributed by atoms with E-state index in [0.29, 0.717) is 6.54 Å². The second-order valence-electron chi connectivity index (χ2n) is 5.41. The highest BCUT2D eigenvalue weighted by atomic mass is 16.6. The van der Waals surface area contributed by atoms with Gasteiger partial charge in [-0.05, 0) is 36.2 Å². The van der Waals surface area contributed by atoms with Crippen LogP contribution in [0.3, 0.4) is 0 Å². The molecule has 3 rings (SSSR count). The van der Waals surface area contributed by atoms with E-state index >= 15 is 0 Å². The van der Waals surface area contributed by atoms with Crippen molar-refractivity contribution in [2.24, 2.45) is 0 Å². The van der Waals surface area contributed by atoms with Crippen molar-refractivity contribution in [2.75, 3.05) is 24.5 Å². The summed E-state index contributed by atoms with van der Waals surface area (Å²) >= 11 is 0. The van der Waals surface area contributed by atoms with Crippen LogP contribution in [-0.2, 0) is 9.53 Å². The largest absolute Gasteiger partial charge is 0.423 e. The van der Waals surface area contributed by atoms with Crippen molar-refractivity contribution in [3.8, 4) is 0 Å². The fourth-order valence-corrected chi connectivity index (χ4v) is 2.72. The number of benzene rings is 1. The maximum Gasteiger partial charge on any atom is 0.416 e. The van der Waals surface area contributed by atoms with Crippen LogP contribution in [0.5, 0.6) is 0 Å². The quantitative estimate of drug-likeness (QED) is 0.887. The molecule has 6 heteroatoms. The van der Waals surface area contributed by atoms with Crippen molar-refractivity contribution in [1.82, 2.24) is 10.6 Å². The highest BCUT2D eigenvalue weighted by molar-refractivity contribution is 5.90. The molecule has 1 saturated heterocycles. The topological polar surface area (TPSA) is 70.7 Å². The number of hydrogen-bond acceptors (Lipinski definition) is 4. The Hall–Kier alpha value is -2.34. The zero-order valence-corrected chi connectivity index (χ0v) is 12.5. The van der Waals surface area contributed by atoms with Gasteiger partial charge in [-0.15, -0.1) is 0 Å². The standard InChI is InChI=1S/C16H19N3O3/c1-11(20)18-15-10-19(16(21)22-15)14-4-2-12(3-5-14)13-6-8-17-9-7-13/h2-6,15,17H,7-10H2,1H3,(H,18,20). The average Bonchev–Trinajstić information content (AvgIpc) is 2.88. The minimum atomic E-state index is -0.586. The molecule has 0 bridgehead atoms. The first-order chi connectivity index (χ1) is 10.6. The summed E-state index contributed by atoms with van der Waals surface area (Å²) in [5, 5.41) is 5.88. The van der Waals surface area contributed by atoms with Crippen LogP contribution in [0.2, 0.25) is 0 Å². The van der Waals surface area contributed by atoms with E-state index < -0.39 is 12.3 Å². The minimum absolute atomic E-state index is 0.215. The van der Waals surface area contributed by atoms with E-state index in [-0.39, 0.29) is 5.91 Å². The zero-order valence-electron chi connectivity index (χ0n) is 12.5. The van der Waals surface area contributed by atoms with E-state index in [1.165, 1.54) is 23.0 Å². The van der Waals surface area contributed by atoms with Gasteiger partial charge in [0.2, 0.25) is 5.91 Å². The smallest absolute Gasteiger partial charge is 0.416 e. The van der Waals surface area contributed by atoms with Crippen LogP contribution < -0.4 is 15.5 Å². The van der Waals surface area contributed by atoms with E-state index in [0.717, 1.165) is 25.2 Å². The highest BCUT2D eigenvalue weighted by Gasteiger charge is 2.32. The Balaban J connectivity index is 1.71. The maximum atomic E-state index is 11.9. The summed E-state index contributed by atoms with van der Waals surface area (Å²) < 4.78 is 5.12. The first-order valence-corrected chi connectivity index (χ1v) is 7.39. The molecule has 0 saturated carbocycles. The number of anilines is 1. The van der Waals surface area contributed by atoms with E-state index in [9.17, 15) is 9.59 Å². The molecule has 0 aromatic heterocycles. The monoisotopic (exact) mass is 301 g/mol. The summed E-state index contributed by atoms with van der Waals surface area (Å²) in [6, 6.07) is 7.86. The first-order valence-electron chi connectivity index (χ1n) is 7.39. The second kappa shape index (κ2) is 6.19. The molecule has 116 valence electrons. The van der Waals surface area contributed by atoms with Crippen LogP contribution in [0.15, 0.2) is 30.3 Å². The van der Waals surface area contributed by atoms with Crippen LogP contribution in [-0.4, -0.2) is 37.9 Å². The lowest BCUT2D eigenvalue weighted by atomic mass is 10.00. The van der Waals surface area contributed by atoms with Gasteiger partial charge in [0, 0.05) is 19.2 Å². The van der Waals surface area contributed by atoms with Crippen molar-refractivity contribution < 1.29 is 14.3 Å². The summed E-state index contributed by atoms with van der Waals surface area (Å²) in [4.78, 5) is 24.5. The average molecular weight is 301 g/mol. The Morgan fingerprint density at radius 1 is 1.36 bits per heavy atom. The normalized spacial score (nSPS) is 21.3. The van der Waals surface area contributed by atoms with Crippen molar-refractivity contribution >= 4 is 23.3 Å². The van der Waals surface area contributed by atoms with Crippen LogP contribution in [0.1, 0.15) is 18.9 Å². The highest BCUT2D eigenvalue weighted by Crippen LogP contribution is 2.25. The summed E-state index contributed by atoms with van der Waals surface area (Å²) in [6.45, 7) is 3.61. The molecule has 1 fully saturated rings. The molecule has 6 nitrogen and oxygen atoms in total. The molecular weight excluding hydrogens is 282 g/mol. The molecule has 0 spiro atoms. The van der Waals surface area contributed by atoms with Gasteiger partial charge in [-0.1, -0.05) is 18.2 Å². The third-order valence-electron chi connectivity index (χ3n) is 3.79. The molecule has 22 heavy (non-hydrogen) atoms. The molecule has 1 unspecified atom stereocenters. The van der Waals surface area contributed by atoms with Crippen LogP contribution in [0.25, 0.3) is 5.57 Å². The number of nitrogens with zero attached hydrogens (tertiary/aromatic N) is 1. The number of rotatable bonds is 3. The van der Waals surface area contributed by atoms with Gasteiger partial charge in [-0.3, -0.25) is 9.69 Å². The van der Waals surface area contributed by atoms with Gasteiger partial charge in [-0.2, -0.15) is 0 Å². The third-order valence-corrected chi connectivity index (χ3v) is 3.79. The van der Waals surface area contributed by atoms with E-state index in [1.807, 2.05) is 24.3 Å². The molecule has 2 N–H and O–H groups in total. The Bertz CT molecular complexity index is 610. The SMILES string of the molecule is CC(=O)NC1CN(c2ccc(C3=CCNCC3)cc2)C(=O)O1. The molecule has 2 aliphatic heterocycles. The molecule has 1 atom stereocenters. The fraction of sp³-hybridized carbons (Fsp3) is 0.375. The first kappa shape index (κ1) is 14.6. The number of amides is 2. The Labute approximate surface area is 129 Å². The van der Waals surface area contributed by atoms with Gasteiger partial charge >= 0.3 is 6.09 Å². The van der Waals surface area contributed by atoms with E-state index in [1.54, 1.807) is 0 Å². The Morgan fingerprint density at radius 3 is 2.77 bits per heavy atom. The van der Waals surface area contributed by atoms with Gasteiger partial charge < -0.3 is 15.4 Å². The number of cyclic esters (lactones) is 1. The predicted molar refractivity (Wildman–Crippen MR) is 83.3 cm³/mol. The molecule has 1 aromatic rings. The summed E-state index contributed by atoms with van der Waals surface area (Å²) in [5.74, 6) is -0.215. The van der Waals surface area contributed by atoms with E-state index in [4.69, 9.17) is 4.74 Å². The molecule has 2 aliphatic rings. The van der Waals surface area contributed by atoms with Crippen LogP contribution in [0.4, 0.5) is 10.5 Å². The molecular formula is C16H19N3O3. The molecule has 0 aliphatic carbocycles. The van der Waals surface area contributed by atoms with Gasteiger partial charge in [0.1, 0.15) is 0 Å². The van der Waals surface area contributed by atoms with Crippen molar-refractivity contribution in [1.29, 1.82) is 0 Å². The maximum absolute atomic E-state index is 11.9. The van der Waals surface area contributed by atoms with Crippen molar-refractivity contribution in [3.05, 3.63) is 35.9 Å². The third kappa shape index (κ3) is 3.12. The molecule has 1 aromatic carbocycles.